The van der Waals surface area contributed by atoms with E-state index in [4.69, 9.17) is 37.9 Å². The van der Waals surface area contributed by atoms with Gasteiger partial charge in [-0.05, 0) is 77.3 Å². The van der Waals surface area contributed by atoms with Crippen molar-refractivity contribution in [1.29, 1.82) is 0 Å². The number of aliphatic hydroxyl groups is 1. The largest absolute Gasteiger partial charge is 0.456 e. The highest BCUT2D eigenvalue weighted by molar-refractivity contribution is 5.94. The third-order valence-corrected chi connectivity index (χ3v) is 13.4. The van der Waals surface area contributed by atoms with Gasteiger partial charge in [0.2, 0.25) is 0 Å². The molecule has 1 saturated heterocycles. The fourth-order valence-electron chi connectivity index (χ4n) is 10.5. The van der Waals surface area contributed by atoms with Crippen molar-refractivity contribution >= 4 is 29.8 Å². The minimum Gasteiger partial charge on any atom is -0.456 e. The first-order valence-electron chi connectivity index (χ1n) is 21.5. The standard InChI is InChI=1S/C48H63NO14/c1-26(2)59-37(35(29-19-15-13-16-20-29)49-43(54)63-44(5,6)7)42(53)60-31-24-48(55)40(61-41(52)30-21-17-14-18-22-30)38-46(10,39(51)36(57-12)34(27(31)3)45(48,8)9)32(56-11)23-33-47(38,25-58-33)62-28(4)50/h13-22,26,31-33,35-38,40,55H,23-25H2,1-12H3,(H,49,54)/t31-,32-,33+,35-,36+,37+,38-,40?,46+,47-,48+/m0/s1. The molecule has 4 aliphatic rings. The third kappa shape index (κ3) is 8.54. The lowest BCUT2D eigenvalue weighted by molar-refractivity contribution is -0.347. The predicted octanol–water partition coefficient (Wildman–Crippen LogP) is 6.00. The van der Waals surface area contributed by atoms with Crippen LogP contribution in [0.4, 0.5) is 4.79 Å². The molecular formula is C48H63NO14. The lowest BCUT2D eigenvalue weighted by Crippen LogP contribution is -2.82. The fraction of sp³-hybridized carbons (Fsp3) is 0.604. The van der Waals surface area contributed by atoms with E-state index < -0.39 is 112 Å². The van der Waals surface area contributed by atoms with Crippen molar-refractivity contribution in [3.05, 3.63) is 82.9 Å². The van der Waals surface area contributed by atoms with E-state index in [-0.39, 0.29) is 25.0 Å². The summed E-state index contributed by atoms with van der Waals surface area (Å²) in [5.74, 6) is -4.16. The molecule has 15 nitrogen and oxygen atoms in total. The van der Waals surface area contributed by atoms with E-state index in [0.717, 1.165) is 0 Å². The molecule has 6 rings (SSSR count). The van der Waals surface area contributed by atoms with Gasteiger partial charge >= 0.3 is 24.0 Å². The minimum atomic E-state index is -2.19. The van der Waals surface area contributed by atoms with Crippen molar-refractivity contribution in [3.8, 4) is 0 Å². The Hall–Kier alpha value is -4.67. The summed E-state index contributed by atoms with van der Waals surface area (Å²) < 4.78 is 49.4. The van der Waals surface area contributed by atoms with Crippen molar-refractivity contribution in [2.75, 3.05) is 20.8 Å². The van der Waals surface area contributed by atoms with Crippen LogP contribution in [-0.2, 0) is 52.3 Å². The van der Waals surface area contributed by atoms with Gasteiger partial charge < -0.3 is 48.3 Å². The van der Waals surface area contributed by atoms with E-state index in [1.54, 1.807) is 123 Å². The third-order valence-electron chi connectivity index (χ3n) is 13.4. The summed E-state index contributed by atoms with van der Waals surface area (Å²) in [6.45, 7) is 16.5. The number of benzene rings is 2. The smallest absolute Gasteiger partial charge is 0.408 e. The summed E-state index contributed by atoms with van der Waals surface area (Å²) in [7, 11) is 2.83. The quantitative estimate of drug-likeness (QED) is 0.143. The van der Waals surface area contributed by atoms with Gasteiger partial charge in [-0.15, -0.1) is 0 Å². The van der Waals surface area contributed by atoms with Gasteiger partial charge in [-0.2, -0.15) is 0 Å². The molecule has 2 aromatic rings. The zero-order valence-electron chi connectivity index (χ0n) is 38.3. The second kappa shape index (κ2) is 17.7. The number of ketones is 1. The number of hydrogen-bond donors (Lipinski definition) is 2. The van der Waals surface area contributed by atoms with Crippen molar-refractivity contribution in [1.82, 2.24) is 5.32 Å². The van der Waals surface area contributed by atoms with Gasteiger partial charge in [0.15, 0.2) is 17.5 Å². The topological polar surface area (TPSA) is 191 Å². The molecule has 15 heteroatoms. The van der Waals surface area contributed by atoms with Crippen LogP contribution in [0.15, 0.2) is 71.8 Å². The summed E-state index contributed by atoms with van der Waals surface area (Å²) in [5.41, 5.74) is -6.32. The molecule has 0 radical (unpaired) electrons. The molecule has 1 unspecified atom stereocenters. The second-order valence-electron chi connectivity index (χ2n) is 19.2. The molecule has 2 saturated carbocycles. The summed E-state index contributed by atoms with van der Waals surface area (Å²) in [5, 5.41) is 16.7. The number of rotatable bonds is 12. The highest BCUT2D eigenvalue weighted by Crippen LogP contribution is 2.64. The Bertz CT molecular complexity index is 2080. The first-order valence-corrected chi connectivity index (χ1v) is 21.5. The molecular weight excluding hydrogens is 815 g/mol. The lowest BCUT2D eigenvalue weighted by atomic mass is 9.44. The Morgan fingerprint density at radius 1 is 0.921 bits per heavy atom. The molecule has 2 bridgehead atoms. The van der Waals surface area contributed by atoms with E-state index in [1.165, 1.54) is 21.1 Å². The number of Topliss-reactive ketones (excluding diaryl/α,β-unsaturated/α-hetero) is 1. The second-order valence-corrected chi connectivity index (χ2v) is 19.2. The minimum absolute atomic E-state index is 0.134. The Kier molecular flexibility index (Phi) is 13.4. The SMILES string of the molecule is CO[C@H]1C(=O)[C@]2(C)[C@@H](OC)C[C@H]3OC[C@@]3(OC(C)=O)[C@H]2C(OC(=O)c2ccccc2)[C@]2(O)C[C@H](OC(=O)[C@H](OC(C)C)[C@@H](NC(=O)OC(C)(C)C)c3ccccc3)C(C)=C1C2(C)C. The van der Waals surface area contributed by atoms with Crippen LogP contribution in [0.1, 0.15) is 104 Å². The van der Waals surface area contributed by atoms with Crippen molar-refractivity contribution < 1.29 is 67.0 Å². The van der Waals surface area contributed by atoms with E-state index in [9.17, 15) is 24.3 Å². The summed E-state index contributed by atoms with van der Waals surface area (Å²) in [6, 6.07) is 15.8. The van der Waals surface area contributed by atoms with Gasteiger partial charge in [-0.3, -0.25) is 9.59 Å². The fourth-order valence-corrected chi connectivity index (χ4v) is 10.5. The number of nitrogens with one attached hydrogen (secondary N) is 1. The molecule has 2 N–H and O–H groups in total. The van der Waals surface area contributed by atoms with Crippen LogP contribution < -0.4 is 5.32 Å². The van der Waals surface area contributed by atoms with Crippen LogP contribution in [0.3, 0.4) is 0 Å². The van der Waals surface area contributed by atoms with Crippen LogP contribution in [0, 0.1) is 16.7 Å². The number of hydrogen-bond acceptors (Lipinski definition) is 14. The van der Waals surface area contributed by atoms with E-state index >= 15 is 4.79 Å². The first-order chi connectivity index (χ1) is 29.5. The number of esters is 3. The number of fused-ring (bicyclic) bond motifs is 5. The normalized spacial score (nSPS) is 32.1. The Balaban J connectivity index is 1.55. The Morgan fingerprint density at radius 3 is 2.06 bits per heavy atom. The van der Waals surface area contributed by atoms with Gasteiger partial charge in [0.25, 0.3) is 0 Å². The number of amides is 1. The highest BCUT2D eigenvalue weighted by Gasteiger charge is 2.78. The molecule has 2 aromatic carbocycles. The maximum Gasteiger partial charge on any atom is 0.408 e. The zero-order chi connectivity index (χ0) is 46.4. The maximum atomic E-state index is 15.7. The summed E-state index contributed by atoms with van der Waals surface area (Å²) in [4.78, 5) is 71.5. The van der Waals surface area contributed by atoms with Gasteiger partial charge in [-0.25, -0.2) is 14.4 Å². The highest BCUT2D eigenvalue weighted by atomic mass is 16.6. The first kappa shape index (κ1) is 47.8. The van der Waals surface area contributed by atoms with Gasteiger partial charge in [0, 0.05) is 39.4 Å². The number of ether oxygens (including phenoxy) is 8. The molecule has 1 heterocycles. The summed E-state index contributed by atoms with van der Waals surface area (Å²) >= 11 is 0. The predicted molar refractivity (Wildman–Crippen MR) is 227 cm³/mol. The monoisotopic (exact) mass is 877 g/mol. The van der Waals surface area contributed by atoms with Crippen molar-refractivity contribution in [3.63, 3.8) is 0 Å². The molecule has 0 aromatic heterocycles. The molecule has 1 amide bonds. The molecule has 1 aliphatic heterocycles. The van der Waals surface area contributed by atoms with Crippen LogP contribution in [0.5, 0.6) is 0 Å². The Labute approximate surface area is 369 Å². The van der Waals surface area contributed by atoms with E-state index in [0.29, 0.717) is 16.7 Å². The van der Waals surface area contributed by atoms with Gasteiger partial charge in [0.1, 0.15) is 35.6 Å². The molecule has 11 atom stereocenters. The molecule has 3 fully saturated rings. The number of carbonyl (C=O) groups excluding carboxylic acids is 5. The number of methoxy groups -OCH3 is 2. The average molecular weight is 878 g/mol. The van der Waals surface area contributed by atoms with Crippen LogP contribution in [0.25, 0.3) is 0 Å². The van der Waals surface area contributed by atoms with E-state index in [1.807, 2.05) is 0 Å². The molecule has 344 valence electrons. The molecule has 63 heavy (non-hydrogen) atoms. The van der Waals surface area contributed by atoms with E-state index in [2.05, 4.69) is 5.32 Å². The zero-order valence-corrected chi connectivity index (χ0v) is 38.3. The summed E-state index contributed by atoms with van der Waals surface area (Å²) in [6.07, 6.45) is -9.00. The van der Waals surface area contributed by atoms with Crippen LogP contribution in [-0.4, -0.2) is 115 Å². The lowest BCUT2D eigenvalue weighted by Gasteiger charge is -2.67. The van der Waals surface area contributed by atoms with Crippen LogP contribution >= 0.6 is 0 Å². The van der Waals surface area contributed by atoms with Gasteiger partial charge in [0.05, 0.1) is 41.8 Å². The van der Waals surface area contributed by atoms with Crippen molar-refractivity contribution in [2.24, 2.45) is 16.7 Å². The number of alkyl carbamates (subject to hydrolysis) is 1. The molecule has 3 aliphatic carbocycles. The number of carbonyl (C=O) groups is 5. The maximum absolute atomic E-state index is 15.7. The van der Waals surface area contributed by atoms with Crippen LogP contribution in [0.2, 0.25) is 0 Å². The molecule has 0 spiro atoms. The van der Waals surface area contributed by atoms with Crippen molar-refractivity contribution in [2.45, 2.75) is 148 Å². The van der Waals surface area contributed by atoms with Gasteiger partial charge in [-0.1, -0.05) is 62.4 Å². The average Bonchev–Trinajstić information content (AvgIpc) is 3.20. The Morgan fingerprint density at radius 2 is 1.54 bits per heavy atom.